The van der Waals surface area contributed by atoms with Crippen molar-refractivity contribution in [2.24, 2.45) is 0 Å². The third kappa shape index (κ3) is 3.13. The second-order valence-corrected chi connectivity index (χ2v) is 4.66. The maximum Gasteiger partial charge on any atom is 0.407 e. The van der Waals surface area contributed by atoms with Crippen LogP contribution in [0.5, 0.6) is 0 Å². The second kappa shape index (κ2) is 5.71. The smallest absolute Gasteiger partial charge is 0.407 e. The van der Waals surface area contributed by atoms with Crippen LogP contribution in [0.1, 0.15) is 38.3 Å². The van der Waals surface area contributed by atoms with E-state index in [1.165, 1.54) is 7.11 Å². The zero-order valence-electron chi connectivity index (χ0n) is 11.5. The van der Waals surface area contributed by atoms with E-state index in [1.807, 2.05) is 39.0 Å². The van der Waals surface area contributed by atoms with E-state index in [-0.39, 0.29) is 0 Å². The fraction of sp³-hybridized carbons (Fsp3) is 0.400. The molecular weight excluding hydrogens is 226 g/mol. The van der Waals surface area contributed by atoms with E-state index in [4.69, 9.17) is 0 Å². The summed E-state index contributed by atoms with van der Waals surface area (Å²) in [4.78, 5) is 11.4. The number of alkyl carbamates (subject to hydrolysis) is 1. The molecule has 0 saturated heterocycles. The number of methoxy groups -OCH3 is 1. The SMILES string of the molecule is C=C(C)c1cccc(C(C)(CC)NC(=O)OC)c1. The molecule has 18 heavy (non-hydrogen) atoms. The summed E-state index contributed by atoms with van der Waals surface area (Å²) in [6.45, 7) is 9.93. The van der Waals surface area contributed by atoms with E-state index in [1.54, 1.807) is 0 Å². The highest BCUT2D eigenvalue weighted by molar-refractivity contribution is 5.69. The van der Waals surface area contributed by atoms with Gasteiger partial charge in [-0.2, -0.15) is 0 Å². The Morgan fingerprint density at radius 2 is 2.17 bits per heavy atom. The van der Waals surface area contributed by atoms with Crippen LogP contribution < -0.4 is 5.32 Å². The molecule has 0 aromatic heterocycles. The number of allylic oxidation sites excluding steroid dienone is 1. The number of carbonyl (C=O) groups is 1. The van der Waals surface area contributed by atoms with Gasteiger partial charge in [0.25, 0.3) is 0 Å². The van der Waals surface area contributed by atoms with Gasteiger partial charge in [-0.25, -0.2) is 4.79 Å². The molecule has 0 fully saturated rings. The van der Waals surface area contributed by atoms with Gasteiger partial charge in [-0.05, 0) is 37.5 Å². The largest absolute Gasteiger partial charge is 0.453 e. The van der Waals surface area contributed by atoms with Crippen molar-refractivity contribution in [3.05, 3.63) is 42.0 Å². The Bertz CT molecular complexity index is 454. The lowest BCUT2D eigenvalue weighted by Gasteiger charge is -2.30. The molecule has 0 spiro atoms. The summed E-state index contributed by atoms with van der Waals surface area (Å²) in [5, 5.41) is 2.88. The summed E-state index contributed by atoms with van der Waals surface area (Å²) in [5.74, 6) is 0. The first-order valence-electron chi connectivity index (χ1n) is 6.05. The lowest BCUT2D eigenvalue weighted by atomic mass is 9.87. The highest BCUT2D eigenvalue weighted by Gasteiger charge is 2.27. The Morgan fingerprint density at radius 1 is 1.50 bits per heavy atom. The molecule has 0 heterocycles. The molecule has 98 valence electrons. The molecule has 1 rings (SSSR count). The van der Waals surface area contributed by atoms with E-state index >= 15 is 0 Å². The third-order valence-electron chi connectivity index (χ3n) is 3.26. The van der Waals surface area contributed by atoms with Crippen molar-refractivity contribution in [2.75, 3.05) is 7.11 Å². The topological polar surface area (TPSA) is 38.3 Å². The third-order valence-corrected chi connectivity index (χ3v) is 3.26. The predicted molar refractivity (Wildman–Crippen MR) is 74.3 cm³/mol. The van der Waals surface area contributed by atoms with Crippen LogP contribution in [0, 0.1) is 0 Å². The second-order valence-electron chi connectivity index (χ2n) is 4.66. The van der Waals surface area contributed by atoms with Gasteiger partial charge in [-0.15, -0.1) is 0 Å². The molecule has 3 nitrogen and oxygen atoms in total. The van der Waals surface area contributed by atoms with Crippen molar-refractivity contribution in [3.63, 3.8) is 0 Å². The summed E-state index contributed by atoms with van der Waals surface area (Å²) >= 11 is 0. The number of hydrogen-bond donors (Lipinski definition) is 1. The zero-order valence-corrected chi connectivity index (χ0v) is 11.5. The minimum absolute atomic E-state index is 0.417. The van der Waals surface area contributed by atoms with Gasteiger partial charge < -0.3 is 10.1 Å². The first kappa shape index (κ1) is 14.3. The number of ether oxygens (including phenoxy) is 1. The van der Waals surface area contributed by atoms with E-state index in [9.17, 15) is 4.79 Å². The summed E-state index contributed by atoms with van der Waals surface area (Å²) in [6.07, 6.45) is 0.363. The van der Waals surface area contributed by atoms with Gasteiger partial charge in [-0.3, -0.25) is 0 Å². The van der Waals surface area contributed by atoms with E-state index in [2.05, 4.69) is 22.7 Å². The number of hydrogen-bond acceptors (Lipinski definition) is 2. The van der Waals surface area contributed by atoms with Crippen molar-refractivity contribution in [1.82, 2.24) is 5.32 Å². The molecule has 1 amide bonds. The quantitative estimate of drug-likeness (QED) is 0.881. The van der Waals surface area contributed by atoms with Gasteiger partial charge in [0.05, 0.1) is 12.6 Å². The van der Waals surface area contributed by atoms with Crippen LogP contribution in [0.25, 0.3) is 5.57 Å². The lowest BCUT2D eigenvalue weighted by molar-refractivity contribution is 0.156. The fourth-order valence-corrected chi connectivity index (χ4v) is 1.77. The molecule has 0 saturated carbocycles. The number of rotatable bonds is 4. The van der Waals surface area contributed by atoms with Crippen LogP contribution in [-0.4, -0.2) is 13.2 Å². The summed E-state index contributed by atoms with van der Waals surface area (Å²) in [7, 11) is 1.37. The number of nitrogens with one attached hydrogen (secondary N) is 1. The van der Waals surface area contributed by atoms with Gasteiger partial charge in [0, 0.05) is 0 Å². The Kier molecular flexibility index (Phi) is 4.54. The maximum atomic E-state index is 11.4. The Balaban J connectivity index is 3.11. The van der Waals surface area contributed by atoms with Gasteiger partial charge >= 0.3 is 6.09 Å². The first-order chi connectivity index (χ1) is 8.42. The monoisotopic (exact) mass is 247 g/mol. The lowest BCUT2D eigenvalue weighted by Crippen LogP contribution is -2.43. The Labute approximate surface area is 109 Å². The van der Waals surface area contributed by atoms with Crippen molar-refractivity contribution in [2.45, 2.75) is 32.7 Å². The summed E-state index contributed by atoms with van der Waals surface area (Å²) < 4.78 is 4.68. The average molecular weight is 247 g/mol. The molecule has 3 heteroatoms. The fourth-order valence-electron chi connectivity index (χ4n) is 1.77. The van der Waals surface area contributed by atoms with Crippen molar-refractivity contribution in [1.29, 1.82) is 0 Å². The molecule has 1 aromatic carbocycles. The molecule has 0 bridgehead atoms. The van der Waals surface area contributed by atoms with Crippen LogP contribution in [0.3, 0.4) is 0 Å². The minimum atomic E-state index is -0.432. The highest BCUT2D eigenvalue weighted by Crippen LogP contribution is 2.26. The van der Waals surface area contributed by atoms with Crippen molar-refractivity contribution >= 4 is 11.7 Å². The van der Waals surface area contributed by atoms with Gasteiger partial charge in [0.1, 0.15) is 0 Å². The van der Waals surface area contributed by atoms with Gasteiger partial charge in [-0.1, -0.05) is 37.3 Å². The molecule has 0 radical (unpaired) electrons. The Morgan fingerprint density at radius 3 is 2.67 bits per heavy atom. The van der Waals surface area contributed by atoms with Crippen molar-refractivity contribution < 1.29 is 9.53 Å². The molecule has 1 N–H and O–H groups in total. The van der Waals surface area contributed by atoms with Crippen LogP contribution in [0.2, 0.25) is 0 Å². The summed E-state index contributed by atoms with van der Waals surface area (Å²) in [5.41, 5.74) is 2.71. The molecule has 0 aliphatic carbocycles. The van der Waals surface area contributed by atoms with Crippen molar-refractivity contribution in [3.8, 4) is 0 Å². The van der Waals surface area contributed by atoms with Crippen LogP contribution in [-0.2, 0) is 10.3 Å². The van der Waals surface area contributed by atoms with E-state index in [0.29, 0.717) is 0 Å². The molecule has 0 aliphatic rings. The van der Waals surface area contributed by atoms with Crippen LogP contribution in [0.15, 0.2) is 30.8 Å². The van der Waals surface area contributed by atoms with Gasteiger partial charge in [0.15, 0.2) is 0 Å². The average Bonchev–Trinajstić information content (AvgIpc) is 2.38. The Hall–Kier alpha value is -1.77. The summed E-state index contributed by atoms with van der Waals surface area (Å²) in [6, 6.07) is 8.06. The molecule has 1 atom stereocenters. The first-order valence-corrected chi connectivity index (χ1v) is 6.05. The minimum Gasteiger partial charge on any atom is -0.453 e. The molecular formula is C15H21NO2. The predicted octanol–water partition coefficient (Wildman–Crippen LogP) is 3.70. The molecule has 1 unspecified atom stereocenters. The zero-order chi connectivity index (χ0) is 13.8. The van der Waals surface area contributed by atoms with Crippen LogP contribution >= 0.6 is 0 Å². The van der Waals surface area contributed by atoms with Gasteiger partial charge in [0.2, 0.25) is 0 Å². The number of carbonyl (C=O) groups excluding carboxylic acids is 1. The number of amides is 1. The number of benzene rings is 1. The maximum absolute atomic E-state index is 11.4. The molecule has 1 aromatic rings. The molecule has 0 aliphatic heterocycles. The highest BCUT2D eigenvalue weighted by atomic mass is 16.5. The van der Waals surface area contributed by atoms with Crippen LogP contribution in [0.4, 0.5) is 4.79 Å². The van der Waals surface area contributed by atoms with E-state index < -0.39 is 11.6 Å². The van der Waals surface area contributed by atoms with E-state index in [0.717, 1.165) is 23.1 Å². The standard InChI is InChI=1S/C15H21NO2/c1-6-15(4,16-14(17)18-5)13-9-7-8-12(10-13)11(2)3/h7-10H,2,6H2,1,3-5H3,(H,16,17). The normalized spacial score (nSPS) is 13.6.